The molecule has 1 N–H and O–H groups in total. The molecule has 0 unspecified atom stereocenters. The maximum absolute atomic E-state index is 10.6. The van der Waals surface area contributed by atoms with Gasteiger partial charge in [-0.2, -0.15) is 0 Å². The second-order valence-corrected chi connectivity index (χ2v) is 6.14. The largest absolute Gasteiger partial charge is 0.354 e. The minimum atomic E-state index is 0.0201. The topological polar surface area (TPSA) is 29.1 Å². The SMILES string of the molecule is C/C(=C\C=C\C(C)C)C1CCC(C)(NC=O)CC1. The Balaban J connectivity index is 2.49. The smallest absolute Gasteiger partial charge is 0.207 e. The van der Waals surface area contributed by atoms with Gasteiger partial charge in [0.05, 0.1) is 0 Å². The Bertz CT molecular complexity index is 320. The van der Waals surface area contributed by atoms with Crippen molar-refractivity contribution in [3.05, 3.63) is 23.8 Å². The molecule has 0 radical (unpaired) electrons. The number of hydrogen-bond acceptors (Lipinski definition) is 1. The van der Waals surface area contributed by atoms with Crippen molar-refractivity contribution in [2.75, 3.05) is 0 Å². The molecule has 0 aromatic heterocycles. The number of hydrogen-bond donors (Lipinski definition) is 1. The van der Waals surface area contributed by atoms with Gasteiger partial charge < -0.3 is 5.32 Å². The summed E-state index contributed by atoms with van der Waals surface area (Å²) >= 11 is 0. The van der Waals surface area contributed by atoms with Gasteiger partial charge in [0, 0.05) is 5.54 Å². The van der Waals surface area contributed by atoms with E-state index in [1.54, 1.807) is 0 Å². The van der Waals surface area contributed by atoms with E-state index in [4.69, 9.17) is 0 Å². The number of carbonyl (C=O) groups is 1. The molecule has 1 fully saturated rings. The van der Waals surface area contributed by atoms with Gasteiger partial charge in [-0.1, -0.05) is 37.6 Å². The summed E-state index contributed by atoms with van der Waals surface area (Å²) < 4.78 is 0. The number of rotatable bonds is 5. The van der Waals surface area contributed by atoms with Crippen molar-refractivity contribution in [3.8, 4) is 0 Å². The maximum Gasteiger partial charge on any atom is 0.207 e. The lowest BCUT2D eigenvalue weighted by atomic mass is 9.75. The molecule has 1 aliphatic carbocycles. The molecule has 0 aromatic carbocycles. The number of allylic oxidation sites excluding steroid dienone is 4. The summed E-state index contributed by atoms with van der Waals surface area (Å²) in [6.45, 7) is 8.76. The average molecular weight is 249 g/mol. The van der Waals surface area contributed by atoms with Gasteiger partial charge in [0.15, 0.2) is 0 Å². The minimum absolute atomic E-state index is 0.0201. The van der Waals surface area contributed by atoms with Crippen LogP contribution in [0.4, 0.5) is 0 Å². The number of carbonyl (C=O) groups excluding carboxylic acids is 1. The monoisotopic (exact) mass is 249 g/mol. The fourth-order valence-electron chi connectivity index (χ4n) is 2.56. The Morgan fingerprint density at radius 3 is 2.44 bits per heavy atom. The van der Waals surface area contributed by atoms with Crippen LogP contribution < -0.4 is 5.32 Å². The zero-order chi connectivity index (χ0) is 13.6. The van der Waals surface area contributed by atoms with E-state index < -0.39 is 0 Å². The van der Waals surface area contributed by atoms with E-state index in [9.17, 15) is 4.79 Å². The second-order valence-electron chi connectivity index (χ2n) is 6.14. The Kier molecular flexibility index (Phi) is 5.64. The fourth-order valence-corrected chi connectivity index (χ4v) is 2.56. The lowest BCUT2D eigenvalue weighted by molar-refractivity contribution is -0.111. The van der Waals surface area contributed by atoms with Crippen molar-refractivity contribution < 1.29 is 4.79 Å². The van der Waals surface area contributed by atoms with Crippen LogP contribution in [0.2, 0.25) is 0 Å². The minimum Gasteiger partial charge on any atom is -0.354 e. The first kappa shape index (κ1) is 15.0. The highest BCUT2D eigenvalue weighted by molar-refractivity contribution is 5.47. The van der Waals surface area contributed by atoms with Gasteiger partial charge in [0.2, 0.25) is 6.41 Å². The number of amides is 1. The van der Waals surface area contributed by atoms with Gasteiger partial charge in [0.1, 0.15) is 0 Å². The zero-order valence-corrected chi connectivity index (χ0v) is 12.2. The van der Waals surface area contributed by atoms with Crippen LogP contribution in [-0.4, -0.2) is 11.9 Å². The number of nitrogens with one attached hydrogen (secondary N) is 1. The van der Waals surface area contributed by atoms with Crippen LogP contribution in [0.15, 0.2) is 23.8 Å². The molecule has 2 heteroatoms. The van der Waals surface area contributed by atoms with Gasteiger partial charge in [0.25, 0.3) is 0 Å². The maximum atomic E-state index is 10.6. The van der Waals surface area contributed by atoms with Crippen molar-refractivity contribution in [1.29, 1.82) is 0 Å². The van der Waals surface area contributed by atoms with Crippen molar-refractivity contribution in [1.82, 2.24) is 5.32 Å². The van der Waals surface area contributed by atoms with E-state index in [1.165, 1.54) is 18.4 Å². The van der Waals surface area contributed by atoms with Crippen molar-refractivity contribution in [2.24, 2.45) is 11.8 Å². The van der Waals surface area contributed by atoms with Crippen LogP contribution >= 0.6 is 0 Å². The van der Waals surface area contributed by atoms with E-state index in [0.717, 1.165) is 19.3 Å². The first-order chi connectivity index (χ1) is 8.47. The van der Waals surface area contributed by atoms with Gasteiger partial charge in [-0.15, -0.1) is 0 Å². The van der Waals surface area contributed by atoms with Crippen LogP contribution in [-0.2, 0) is 4.79 Å². The molecule has 1 aliphatic rings. The van der Waals surface area contributed by atoms with Gasteiger partial charge in [-0.05, 0) is 51.4 Å². The van der Waals surface area contributed by atoms with Crippen LogP contribution in [0.25, 0.3) is 0 Å². The molecule has 1 rings (SSSR count). The fraction of sp³-hybridized carbons (Fsp3) is 0.688. The molecule has 102 valence electrons. The average Bonchev–Trinajstić information content (AvgIpc) is 2.29. The molecule has 1 amide bonds. The molecule has 2 nitrogen and oxygen atoms in total. The molecule has 1 saturated carbocycles. The zero-order valence-electron chi connectivity index (χ0n) is 12.2. The summed E-state index contributed by atoms with van der Waals surface area (Å²) in [6.07, 6.45) is 12.0. The standard InChI is InChI=1S/C16H27NO/c1-13(2)6-5-7-14(3)15-8-10-16(4,11-9-15)17-12-18/h5-7,12-13,15H,8-11H2,1-4H3,(H,17,18)/b6-5+,14-7+. The van der Waals surface area contributed by atoms with Gasteiger partial charge >= 0.3 is 0 Å². The van der Waals surface area contributed by atoms with Crippen LogP contribution in [0.3, 0.4) is 0 Å². The molecule has 0 saturated heterocycles. The highest BCUT2D eigenvalue weighted by atomic mass is 16.1. The molecule has 0 aliphatic heterocycles. The van der Waals surface area contributed by atoms with Gasteiger partial charge in [-0.25, -0.2) is 0 Å². The van der Waals surface area contributed by atoms with E-state index in [-0.39, 0.29) is 5.54 Å². The summed E-state index contributed by atoms with van der Waals surface area (Å²) in [7, 11) is 0. The summed E-state index contributed by atoms with van der Waals surface area (Å²) in [5.74, 6) is 1.30. The highest BCUT2D eigenvalue weighted by Gasteiger charge is 2.30. The summed E-state index contributed by atoms with van der Waals surface area (Å²) in [5.41, 5.74) is 1.49. The van der Waals surface area contributed by atoms with Crippen LogP contribution in [0, 0.1) is 11.8 Å². The van der Waals surface area contributed by atoms with E-state index in [1.807, 2.05) is 0 Å². The van der Waals surface area contributed by atoms with E-state index in [0.29, 0.717) is 11.8 Å². The molecular weight excluding hydrogens is 222 g/mol. The van der Waals surface area contributed by atoms with Crippen molar-refractivity contribution >= 4 is 6.41 Å². The summed E-state index contributed by atoms with van der Waals surface area (Å²) in [6, 6.07) is 0. The Morgan fingerprint density at radius 2 is 1.94 bits per heavy atom. The van der Waals surface area contributed by atoms with Crippen molar-refractivity contribution in [3.63, 3.8) is 0 Å². The normalized spacial score (nSPS) is 29.8. The Hall–Kier alpha value is -1.05. The first-order valence-corrected chi connectivity index (χ1v) is 7.03. The third-order valence-corrected chi connectivity index (χ3v) is 4.00. The molecule has 18 heavy (non-hydrogen) atoms. The molecule has 0 atom stereocenters. The highest BCUT2D eigenvalue weighted by Crippen LogP contribution is 2.35. The molecular formula is C16H27NO. The third-order valence-electron chi connectivity index (χ3n) is 4.00. The van der Waals surface area contributed by atoms with E-state index in [2.05, 4.69) is 51.2 Å². The summed E-state index contributed by atoms with van der Waals surface area (Å²) in [5, 5.41) is 2.96. The lowest BCUT2D eigenvalue weighted by Gasteiger charge is -2.37. The Labute approximate surface area is 112 Å². The quantitative estimate of drug-likeness (QED) is 0.582. The molecule has 0 heterocycles. The Morgan fingerprint density at radius 1 is 1.33 bits per heavy atom. The lowest BCUT2D eigenvalue weighted by Crippen LogP contribution is -2.44. The van der Waals surface area contributed by atoms with Gasteiger partial charge in [-0.3, -0.25) is 4.79 Å². The molecule has 0 spiro atoms. The third kappa shape index (κ3) is 4.67. The second kappa shape index (κ2) is 6.77. The predicted molar refractivity (Wildman–Crippen MR) is 77.3 cm³/mol. The van der Waals surface area contributed by atoms with Crippen LogP contribution in [0.1, 0.15) is 53.4 Å². The molecule has 0 bridgehead atoms. The van der Waals surface area contributed by atoms with E-state index >= 15 is 0 Å². The first-order valence-electron chi connectivity index (χ1n) is 7.03. The van der Waals surface area contributed by atoms with Crippen molar-refractivity contribution in [2.45, 2.75) is 58.9 Å². The summed E-state index contributed by atoms with van der Waals surface area (Å²) in [4.78, 5) is 10.6. The molecule has 0 aromatic rings. The van der Waals surface area contributed by atoms with Crippen LogP contribution in [0.5, 0.6) is 0 Å². The predicted octanol–water partition coefficient (Wildman–Crippen LogP) is 3.84.